The molecule has 0 N–H and O–H groups in total. The molecule has 0 aliphatic carbocycles. The van der Waals surface area contributed by atoms with Gasteiger partial charge in [0.25, 0.3) is 0 Å². The van der Waals surface area contributed by atoms with E-state index in [4.69, 9.17) is 5.53 Å². The first kappa shape index (κ1) is 12.9. The number of azide groups is 1. The fourth-order valence-electron chi connectivity index (χ4n) is 1.65. The molecule has 7 heteroatoms. The molecule has 1 aromatic heterocycles. The van der Waals surface area contributed by atoms with Gasteiger partial charge in [-0.25, -0.2) is 0 Å². The van der Waals surface area contributed by atoms with Crippen LogP contribution < -0.4 is 0 Å². The van der Waals surface area contributed by atoms with Gasteiger partial charge in [0, 0.05) is 16.7 Å². The molecular formula is C12H7F3N4. The number of nitrogens with zero attached hydrogens (tertiary/aromatic N) is 4. The van der Waals surface area contributed by atoms with Crippen LogP contribution in [0.15, 0.2) is 47.7 Å². The summed E-state index contributed by atoms with van der Waals surface area (Å²) < 4.78 is 38.6. The highest BCUT2D eigenvalue weighted by atomic mass is 19.4. The number of alkyl halides is 3. The Labute approximate surface area is 106 Å². The molecule has 1 aromatic carbocycles. The number of hydrogen-bond acceptors (Lipinski definition) is 2. The van der Waals surface area contributed by atoms with Gasteiger partial charge in [-0.15, -0.1) is 0 Å². The third-order valence-corrected chi connectivity index (χ3v) is 2.43. The highest BCUT2D eigenvalue weighted by Gasteiger charge is 2.34. The van der Waals surface area contributed by atoms with Gasteiger partial charge in [0.15, 0.2) is 0 Å². The second-order valence-corrected chi connectivity index (χ2v) is 3.60. The predicted octanol–water partition coefficient (Wildman–Crippen LogP) is 4.71. The summed E-state index contributed by atoms with van der Waals surface area (Å²) in [4.78, 5) is 6.43. The van der Waals surface area contributed by atoms with Gasteiger partial charge < -0.3 is 0 Å². The van der Waals surface area contributed by atoms with E-state index in [-0.39, 0.29) is 5.56 Å². The molecule has 0 aliphatic rings. The van der Waals surface area contributed by atoms with Crippen LogP contribution in [0, 0.1) is 0 Å². The van der Waals surface area contributed by atoms with Crippen molar-refractivity contribution in [1.29, 1.82) is 0 Å². The summed E-state index contributed by atoms with van der Waals surface area (Å²) in [5.41, 5.74) is 7.47. The van der Waals surface area contributed by atoms with Gasteiger partial charge >= 0.3 is 6.18 Å². The van der Waals surface area contributed by atoms with Gasteiger partial charge in [-0.05, 0) is 23.7 Å². The van der Waals surface area contributed by atoms with Gasteiger partial charge in [-0.3, -0.25) is 4.98 Å². The molecule has 0 aliphatic heterocycles. The first-order chi connectivity index (χ1) is 9.04. The lowest BCUT2D eigenvalue weighted by Crippen LogP contribution is -2.05. The van der Waals surface area contributed by atoms with Crippen molar-refractivity contribution in [2.75, 3.05) is 0 Å². The minimum Gasteiger partial charge on any atom is -0.256 e. The zero-order valence-corrected chi connectivity index (χ0v) is 9.46. The summed E-state index contributed by atoms with van der Waals surface area (Å²) in [6.07, 6.45) is -3.14. The summed E-state index contributed by atoms with van der Waals surface area (Å²) in [6.45, 7) is 0. The van der Waals surface area contributed by atoms with Crippen LogP contribution in [0.25, 0.3) is 21.7 Å². The van der Waals surface area contributed by atoms with E-state index in [0.717, 1.165) is 6.07 Å². The third-order valence-electron chi connectivity index (χ3n) is 2.43. The Morgan fingerprint density at radius 2 is 1.89 bits per heavy atom. The van der Waals surface area contributed by atoms with Crippen LogP contribution in [0.2, 0.25) is 0 Å². The fraction of sp³-hybridized carbons (Fsp3) is 0.0833. The first-order valence-electron chi connectivity index (χ1n) is 5.21. The van der Waals surface area contributed by atoms with Crippen LogP contribution in [-0.2, 0) is 6.18 Å². The molecule has 0 amide bonds. The van der Waals surface area contributed by atoms with Gasteiger partial charge in [-0.1, -0.05) is 23.3 Å². The second-order valence-electron chi connectivity index (χ2n) is 3.60. The molecule has 0 atom stereocenters. The molecule has 0 unspecified atom stereocenters. The number of benzene rings is 1. The van der Waals surface area contributed by atoms with E-state index in [0.29, 0.717) is 5.69 Å². The molecule has 96 valence electrons. The average Bonchev–Trinajstić information content (AvgIpc) is 2.39. The van der Waals surface area contributed by atoms with Crippen molar-refractivity contribution in [2.45, 2.75) is 6.18 Å². The molecule has 2 rings (SSSR count). The van der Waals surface area contributed by atoms with Gasteiger partial charge in [0.2, 0.25) is 0 Å². The minimum absolute atomic E-state index is 0.147. The molecule has 1 heterocycles. The summed E-state index contributed by atoms with van der Waals surface area (Å²) in [5.74, 6) is 0. The van der Waals surface area contributed by atoms with Gasteiger partial charge in [0.05, 0.1) is 16.9 Å². The maximum absolute atomic E-state index is 12.9. The normalized spacial score (nSPS) is 10.9. The van der Waals surface area contributed by atoms with Crippen LogP contribution in [0.1, 0.15) is 5.56 Å². The molecule has 2 aromatic rings. The van der Waals surface area contributed by atoms with Crippen molar-refractivity contribution in [3.63, 3.8) is 0 Å². The van der Waals surface area contributed by atoms with E-state index in [1.807, 2.05) is 0 Å². The van der Waals surface area contributed by atoms with Crippen molar-refractivity contribution in [3.05, 3.63) is 58.6 Å². The van der Waals surface area contributed by atoms with E-state index in [9.17, 15) is 13.2 Å². The van der Waals surface area contributed by atoms with Crippen molar-refractivity contribution < 1.29 is 13.2 Å². The lowest BCUT2D eigenvalue weighted by atomic mass is 10.0. The van der Waals surface area contributed by atoms with Crippen molar-refractivity contribution in [3.8, 4) is 11.3 Å². The van der Waals surface area contributed by atoms with Gasteiger partial charge in [-0.2, -0.15) is 13.2 Å². The standard InChI is InChI=1S/C12H7F3N4/c13-12(14,15)9-5-3-4-8(11(9)18-19-16)10-6-1-2-7-17-10/h1-7H. The predicted molar refractivity (Wildman–Crippen MR) is 63.5 cm³/mol. The Hall–Kier alpha value is -2.53. The number of halogens is 3. The molecule has 0 spiro atoms. The molecule has 4 nitrogen and oxygen atoms in total. The van der Waals surface area contributed by atoms with Crippen molar-refractivity contribution in [2.24, 2.45) is 5.11 Å². The molecular weight excluding hydrogens is 257 g/mol. The smallest absolute Gasteiger partial charge is 0.256 e. The topological polar surface area (TPSA) is 61.7 Å². The van der Waals surface area contributed by atoms with Crippen LogP contribution >= 0.6 is 0 Å². The Morgan fingerprint density at radius 1 is 1.11 bits per heavy atom. The molecule has 0 saturated carbocycles. The highest BCUT2D eigenvalue weighted by Crippen LogP contribution is 2.41. The lowest BCUT2D eigenvalue weighted by molar-refractivity contribution is -0.137. The van der Waals surface area contributed by atoms with Gasteiger partial charge in [0.1, 0.15) is 0 Å². The molecule has 0 bridgehead atoms. The van der Waals surface area contributed by atoms with E-state index in [2.05, 4.69) is 15.0 Å². The van der Waals surface area contributed by atoms with Crippen molar-refractivity contribution >= 4 is 5.69 Å². The number of rotatable bonds is 2. The maximum atomic E-state index is 12.9. The Morgan fingerprint density at radius 3 is 2.47 bits per heavy atom. The monoisotopic (exact) mass is 264 g/mol. The minimum atomic E-state index is -4.59. The quantitative estimate of drug-likeness (QED) is 0.440. The fourth-order valence-corrected chi connectivity index (χ4v) is 1.65. The van der Waals surface area contributed by atoms with E-state index < -0.39 is 17.4 Å². The van der Waals surface area contributed by atoms with E-state index in [1.165, 1.54) is 18.3 Å². The average molecular weight is 264 g/mol. The molecule has 0 fully saturated rings. The summed E-state index contributed by atoms with van der Waals surface area (Å²) in [7, 11) is 0. The number of hydrogen-bond donors (Lipinski definition) is 0. The van der Waals surface area contributed by atoms with Crippen molar-refractivity contribution in [1.82, 2.24) is 4.98 Å². The van der Waals surface area contributed by atoms with E-state index in [1.54, 1.807) is 18.2 Å². The van der Waals surface area contributed by atoms with Crippen LogP contribution in [0.3, 0.4) is 0 Å². The first-order valence-corrected chi connectivity index (χ1v) is 5.21. The van der Waals surface area contributed by atoms with E-state index >= 15 is 0 Å². The summed E-state index contributed by atoms with van der Waals surface area (Å²) >= 11 is 0. The second kappa shape index (κ2) is 4.99. The molecule has 19 heavy (non-hydrogen) atoms. The van der Waals surface area contributed by atoms with Crippen LogP contribution in [-0.4, -0.2) is 4.98 Å². The SMILES string of the molecule is [N-]=[N+]=Nc1c(-c2ccccn2)cccc1C(F)(F)F. The zero-order valence-electron chi connectivity index (χ0n) is 9.46. The number of aromatic nitrogens is 1. The van der Waals surface area contributed by atoms with Crippen LogP contribution in [0.4, 0.5) is 18.9 Å². The molecule has 0 saturated heterocycles. The summed E-state index contributed by atoms with van der Waals surface area (Å²) in [6, 6.07) is 8.39. The maximum Gasteiger partial charge on any atom is 0.416 e. The lowest BCUT2D eigenvalue weighted by Gasteiger charge is -2.12. The number of pyridine rings is 1. The third kappa shape index (κ3) is 2.66. The van der Waals surface area contributed by atoms with Crippen LogP contribution in [0.5, 0.6) is 0 Å². The Balaban J connectivity index is 2.72. The Bertz CT molecular complexity index is 631. The zero-order chi connectivity index (χ0) is 13.9. The summed E-state index contributed by atoms with van der Waals surface area (Å²) in [5, 5.41) is 3.17. The Kier molecular flexibility index (Phi) is 3.39. The largest absolute Gasteiger partial charge is 0.416 e. The highest BCUT2D eigenvalue weighted by molar-refractivity contribution is 5.76. The molecule has 0 radical (unpaired) electrons.